The zero-order chi connectivity index (χ0) is 21.2. The summed E-state index contributed by atoms with van der Waals surface area (Å²) in [4.78, 5) is 42.8. The Balaban J connectivity index is 1.27. The van der Waals surface area contributed by atoms with Crippen LogP contribution in [0.25, 0.3) is 10.2 Å². The summed E-state index contributed by atoms with van der Waals surface area (Å²) in [5.41, 5.74) is 0.385. The summed E-state index contributed by atoms with van der Waals surface area (Å²) in [6.07, 6.45) is -0.0625. The fourth-order valence-corrected chi connectivity index (χ4v) is 5.49. The number of nitrogens with zero attached hydrogens (tertiary/aromatic N) is 2. The monoisotopic (exact) mass is 437 g/mol. The number of allylic oxidation sites excluding steroid dienone is 2. The molecule has 3 amide bonds. The lowest BCUT2D eigenvalue weighted by Crippen LogP contribution is -2.39. The van der Waals surface area contributed by atoms with Gasteiger partial charge in [-0.1, -0.05) is 23.5 Å². The molecule has 1 N–H and O–H groups in total. The van der Waals surface area contributed by atoms with E-state index >= 15 is 0 Å². The number of benzene rings is 1. The summed E-state index contributed by atoms with van der Waals surface area (Å²) in [5.74, 6) is -2.28. The molecular weight excluding hydrogens is 423 g/mol. The number of hydrogen-bond donors (Lipinski definition) is 1. The maximum absolute atomic E-state index is 12.6. The molecule has 4 unspecified atom stereocenters. The predicted molar refractivity (Wildman–Crippen MR) is 99.4 cm³/mol. The van der Waals surface area contributed by atoms with Gasteiger partial charge in [0.25, 0.3) is 0 Å². The van der Waals surface area contributed by atoms with E-state index in [1.165, 1.54) is 12.1 Å². The van der Waals surface area contributed by atoms with Crippen molar-refractivity contribution in [2.75, 3.05) is 11.9 Å². The topological polar surface area (TPSA) is 88.6 Å². The molecule has 5 rings (SSSR count). The number of anilines is 1. The number of aromatic nitrogens is 1. The van der Waals surface area contributed by atoms with Gasteiger partial charge in [0, 0.05) is 6.07 Å². The predicted octanol–water partition coefficient (Wildman–Crippen LogP) is 2.94. The lowest BCUT2D eigenvalue weighted by Gasteiger charge is -2.16. The van der Waals surface area contributed by atoms with Gasteiger partial charge in [0.2, 0.25) is 17.7 Å². The minimum absolute atomic E-state index is 0.0573. The number of nitrogens with one attached hydrogen (secondary N) is 1. The second-order valence-electron chi connectivity index (χ2n) is 7.51. The number of amides is 3. The molecule has 3 aliphatic rings. The molecule has 156 valence electrons. The highest BCUT2D eigenvalue weighted by atomic mass is 32.1. The number of likely N-dealkylation sites (tertiary alicyclic amines) is 1. The molecule has 0 radical (unpaired) electrons. The average Bonchev–Trinajstić information content (AvgIpc) is 3.40. The second kappa shape index (κ2) is 6.53. The number of carbonyl (C=O) groups is 3. The van der Waals surface area contributed by atoms with Crippen molar-refractivity contribution >= 4 is 44.4 Å². The van der Waals surface area contributed by atoms with Gasteiger partial charge in [-0.3, -0.25) is 19.3 Å². The summed E-state index contributed by atoms with van der Waals surface area (Å²) in [6, 6.07) is 3.65. The lowest BCUT2D eigenvalue weighted by molar-refractivity contribution is -0.274. The molecule has 7 nitrogen and oxygen atoms in total. The second-order valence-corrected chi connectivity index (χ2v) is 8.54. The van der Waals surface area contributed by atoms with Gasteiger partial charge < -0.3 is 10.1 Å². The first-order valence-electron chi connectivity index (χ1n) is 9.19. The molecule has 4 atom stereocenters. The van der Waals surface area contributed by atoms with Crippen LogP contribution >= 0.6 is 11.3 Å². The van der Waals surface area contributed by atoms with Crippen LogP contribution in [0.5, 0.6) is 5.75 Å². The number of rotatable bonds is 4. The van der Waals surface area contributed by atoms with Crippen molar-refractivity contribution in [2.24, 2.45) is 23.7 Å². The number of thiazole rings is 1. The number of ether oxygens (including phenoxy) is 1. The number of hydrogen-bond acceptors (Lipinski definition) is 6. The normalized spacial score (nSPS) is 27.2. The van der Waals surface area contributed by atoms with E-state index in [1.54, 1.807) is 0 Å². The van der Waals surface area contributed by atoms with E-state index in [9.17, 15) is 27.6 Å². The molecule has 2 aromatic rings. The fraction of sp³-hybridized carbons (Fsp3) is 0.368. The molecule has 0 spiro atoms. The molecule has 1 saturated carbocycles. The van der Waals surface area contributed by atoms with Gasteiger partial charge in [0.15, 0.2) is 5.13 Å². The zero-order valence-electron chi connectivity index (χ0n) is 15.2. The zero-order valence-corrected chi connectivity index (χ0v) is 16.0. The lowest BCUT2D eigenvalue weighted by atomic mass is 9.85. The van der Waals surface area contributed by atoms with Gasteiger partial charge in [-0.15, -0.1) is 13.2 Å². The number of imide groups is 1. The van der Waals surface area contributed by atoms with Crippen LogP contribution in [0.1, 0.15) is 6.42 Å². The number of halogens is 3. The number of alkyl halides is 3. The first kappa shape index (κ1) is 19.0. The van der Waals surface area contributed by atoms with E-state index < -0.39 is 18.8 Å². The van der Waals surface area contributed by atoms with Crippen molar-refractivity contribution in [3.63, 3.8) is 0 Å². The van der Waals surface area contributed by atoms with E-state index in [0.29, 0.717) is 10.2 Å². The van der Waals surface area contributed by atoms with Gasteiger partial charge in [-0.2, -0.15) is 0 Å². The van der Waals surface area contributed by atoms with Crippen molar-refractivity contribution in [3.05, 3.63) is 30.4 Å². The van der Waals surface area contributed by atoms with E-state index in [2.05, 4.69) is 15.0 Å². The van der Waals surface area contributed by atoms with Crippen LogP contribution in [0.4, 0.5) is 18.3 Å². The summed E-state index contributed by atoms with van der Waals surface area (Å²) < 4.78 is 41.3. The van der Waals surface area contributed by atoms with Crippen molar-refractivity contribution < 1.29 is 32.3 Å². The van der Waals surface area contributed by atoms with Crippen LogP contribution in [-0.4, -0.2) is 40.5 Å². The molecule has 11 heteroatoms. The fourth-order valence-electron chi connectivity index (χ4n) is 4.58. The van der Waals surface area contributed by atoms with Gasteiger partial charge in [0.1, 0.15) is 12.3 Å². The molecule has 1 aliphatic heterocycles. The number of carbonyl (C=O) groups excluding carboxylic acids is 3. The third kappa shape index (κ3) is 3.13. The smallest absolute Gasteiger partial charge is 0.406 e. The SMILES string of the molecule is O=C(CN1C(=O)C2C3C=CC(C3)C2C1=O)Nc1nc2ccc(OC(F)(F)F)cc2s1. The molecule has 1 aromatic carbocycles. The largest absolute Gasteiger partial charge is 0.573 e. The van der Waals surface area contributed by atoms with Gasteiger partial charge in [-0.25, -0.2) is 4.98 Å². The van der Waals surface area contributed by atoms with E-state index in [0.717, 1.165) is 28.7 Å². The Morgan fingerprint density at radius 3 is 2.50 bits per heavy atom. The summed E-state index contributed by atoms with van der Waals surface area (Å²) in [7, 11) is 0. The number of fused-ring (bicyclic) bond motifs is 6. The average molecular weight is 437 g/mol. The Morgan fingerprint density at radius 2 is 1.87 bits per heavy atom. The van der Waals surface area contributed by atoms with Crippen LogP contribution in [0.2, 0.25) is 0 Å². The van der Waals surface area contributed by atoms with E-state index in [4.69, 9.17) is 0 Å². The quantitative estimate of drug-likeness (QED) is 0.587. The van der Waals surface area contributed by atoms with Crippen LogP contribution in [0, 0.1) is 23.7 Å². The molecule has 2 aliphatic carbocycles. The van der Waals surface area contributed by atoms with Crippen LogP contribution in [0.15, 0.2) is 30.4 Å². The highest BCUT2D eigenvalue weighted by Crippen LogP contribution is 2.52. The highest BCUT2D eigenvalue weighted by molar-refractivity contribution is 7.22. The third-order valence-corrected chi connectivity index (χ3v) is 6.64. The third-order valence-electron chi connectivity index (χ3n) is 5.70. The van der Waals surface area contributed by atoms with Gasteiger partial charge in [0.05, 0.1) is 22.1 Å². The molecule has 2 heterocycles. The molecule has 30 heavy (non-hydrogen) atoms. The Morgan fingerprint density at radius 1 is 1.20 bits per heavy atom. The molecule has 2 fully saturated rings. The minimum Gasteiger partial charge on any atom is -0.406 e. The van der Waals surface area contributed by atoms with Crippen molar-refractivity contribution in [1.82, 2.24) is 9.88 Å². The van der Waals surface area contributed by atoms with Crippen molar-refractivity contribution in [1.29, 1.82) is 0 Å². The standard InChI is InChI=1S/C19H14F3N3O4S/c20-19(21,22)29-10-3-4-11-12(6-10)30-18(23-11)24-13(26)7-25-16(27)14-8-1-2-9(5-8)15(14)17(25)28/h1-4,6,8-9,14-15H,5,7H2,(H,23,24,26). The van der Waals surface area contributed by atoms with Crippen LogP contribution < -0.4 is 10.1 Å². The first-order valence-corrected chi connectivity index (χ1v) is 10.0. The maximum atomic E-state index is 12.6. The first-order chi connectivity index (χ1) is 14.2. The Kier molecular flexibility index (Phi) is 4.14. The highest BCUT2D eigenvalue weighted by Gasteiger charge is 2.59. The molecule has 1 saturated heterocycles. The van der Waals surface area contributed by atoms with Crippen LogP contribution in [0.3, 0.4) is 0 Å². The Hall–Kier alpha value is -2.95. The minimum atomic E-state index is -4.81. The van der Waals surface area contributed by atoms with Crippen molar-refractivity contribution in [2.45, 2.75) is 12.8 Å². The molecule has 2 bridgehead atoms. The van der Waals surface area contributed by atoms with Crippen LogP contribution in [-0.2, 0) is 14.4 Å². The van der Waals surface area contributed by atoms with Gasteiger partial charge >= 0.3 is 6.36 Å². The Bertz CT molecular complexity index is 1080. The van der Waals surface area contributed by atoms with Gasteiger partial charge in [-0.05, 0) is 30.4 Å². The molecular formula is C19H14F3N3O4S. The summed E-state index contributed by atoms with van der Waals surface area (Å²) in [6.45, 7) is -0.414. The Labute approximate surface area is 171 Å². The molecule has 1 aromatic heterocycles. The summed E-state index contributed by atoms with van der Waals surface area (Å²) >= 11 is 0.964. The van der Waals surface area contributed by atoms with Crippen molar-refractivity contribution in [3.8, 4) is 5.75 Å². The van der Waals surface area contributed by atoms with E-state index in [-0.39, 0.29) is 46.4 Å². The maximum Gasteiger partial charge on any atom is 0.573 e. The van der Waals surface area contributed by atoms with E-state index in [1.807, 2.05) is 12.2 Å². The summed E-state index contributed by atoms with van der Waals surface area (Å²) in [5, 5.41) is 2.67.